The smallest absolute Gasteiger partial charge is 0.0355 e. The summed E-state index contributed by atoms with van der Waals surface area (Å²) in [6.45, 7) is 0.686. The summed E-state index contributed by atoms with van der Waals surface area (Å²) < 4.78 is 0. The molecule has 0 aliphatic carbocycles. The molecule has 2 heteroatoms. The molecule has 2 nitrogen and oxygen atoms in total. The molecule has 0 aliphatic heterocycles. The summed E-state index contributed by atoms with van der Waals surface area (Å²) in [7, 11) is 0. The largest absolute Gasteiger partial charge is 0.271 e. The average Bonchev–Trinajstić information content (AvgIpc) is 2.39. The summed E-state index contributed by atoms with van der Waals surface area (Å²) >= 11 is 0. The maximum absolute atomic E-state index is 5.45. The highest BCUT2D eigenvalue weighted by Gasteiger charge is 2.04. The Kier molecular flexibility index (Phi) is 2.52. The second kappa shape index (κ2) is 4.17. The van der Waals surface area contributed by atoms with Crippen molar-refractivity contribution in [3.63, 3.8) is 0 Å². The molecule has 0 aromatic heterocycles. The summed E-state index contributed by atoms with van der Waals surface area (Å²) in [5, 5.41) is 5.11. The van der Waals surface area contributed by atoms with Gasteiger partial charge in [-0.2, -0.15) is 0 Å². The van der Waals surface area contributed by atoms with Gasteiger partial charge in [-0.05, 0) is 33.2 Å². The van der Waals surface area contributed by atoms with Crippen molar-refractivity contribution in [2.45, 2.75) is 6.54 Å². The second-order valence-electron chi connectivity index (χ2n) is 4.18. The van der Waals surface area contributed by atoms with Crippen molar-refractivity contribution in [1.29, 1.82) is 0 Å². The van der Waals surface area contributed by atoms with Gasteiger partial charge in [-0.25, -0.2) is 0 Å². The molecule has 0 aliphatic rings. The highest BCUT2D eigenvalue weighted by Crippen LogP contribution is 2.28. The topological polar surface area (TPSA) is 38.0 Å². The highest BCUT2D eigenvalue weighted by molar-refractivity contribution is 6.08. The minimum Gasteiger partial charge on any atom is -0.271 e. The zero-order chi connectivity index (χ0) is 11.7. The van der Waals surface area contributed by atoms with Crippen molar-refractivity contribution >= 4 is 21.5 Å². The van der Waals surface area contributed by atoms with Crippen LogP contribution in [-0.4, -0.2) is 0 Å². The lowest BCUT2D eigenvalue weighted by atomic mass is 9.97. The third-order valence-corrected chi connectivity index (χ3v) is 3.15. The van der Waals surface area contributed by atoms with E-state index in [1.165, 1.54) is 27.1 Å². The molecule has 0 heterocycles. The van der Waals surface area contributed by atoms with Gasteiger partial charge in [0.15, 0.2) is 0 Å². The number of hydrogen-bond donors (Lipinski definition) is 2. The third-order valence-electron chi connectivity index (χ3n) is 3.15. The maximum atomic E-state index is 5.45. The minimum absolute atomic E-state index is 0.686. The molecule has 3 aromatic carbocycles. The van der Waals surface area contributed by atoms with Crippen LogP contribution in [0.4, 0.5) is 0 Å². The van der Waals surface area contributed by atoms with E-state index in [1.54, 1.807) is 0 Å². The number of nitrogens with two attached hydrogens (primary N) is 1. The summed E-state index contributed by atoms with van der Waals surface area (Å²) in [6, 6.07) is 19.1. The Balaban J connectivity index is 2.45. The molecule has 0 radical (unpaired) electrons. The number of hydrogen-bond acceptors (Lipinski definition) is 2. The molecule has 3 N–H and O–H groups in total. The van der Waals surface area contributed by atoms with Crippen LogP contribution in [0.2, 0.25) is 0 Å². The first-order chi connectivity index (χ1) is 8.40. The second-order valence-corrected chi connectivity index (χ2v) is 4.18. The van der Waals surface area contributed by atoms with Gasteiger partial charge in [0.2, 0.25) is 0 Å². The summed E-state index contributed by atoms with van der Waals surface area (Å²) in [5.74, 6) is 5.45. The fourth-order valence-electron chi connectivity index (χ4n) is 2.39. The van der Waals surface area contributed by atoms with E-state index in [9.17, 15) is 0 Å². The molecule has 0 spiro atoms. The van der Waals surface area contributed by atoms with E-state index < -0.39 is 0 Å². The van der Waals surface area contributed by atoms with Crippen molar-refractivity contribution in [1.82, 2.24) is 5.43 Å². The third kappa shape index (κ3) is 1.68. The number of fused-ring (bicyclic) bond motifs is 3. The quantitative estimate of drug-likeness (QED) is 0.397. The van der Waals surface area contributed by atoms with Crippen LogP contribution in [0.15, 0.2) is 54.6 Å². The number of hydrazine groups is 1. The Morgan fingerprint density at radius 1 is 0.824 bits per heavy atom. The molecule has 0 atom stereocenters. The van der Waals surface area contributed by atoms with Crippen molar-refractivity contribution in [2.24, 2.45) is 5.84 Å². The normalized spacial score (nSPS) is 11.1. The number of rotatable bonds is 2. The summed E-state index contributed by atoms with van der Waals surface area (Å²) in [6.07, 6.45) is 0. The van der Waals surface area contributed by atoms with E-state index in [2.05, 4.69) is 60.0 Å². The monoisotopic (exact) mass is 222 g/mol. The minimum atomic E-state index is 0.686. The van der Waals surface area contributed by atoms with Gasteiger partial charge in [0.25, 0.3) is 0 Å². The van der Waals surface area contributed by atoms with E-state index in [0.717, 1.165) is 0 Å². The van der Waals surface area contributed by atoms with Crippen molar-refractivity contribution in [3.8, 4) is 0 Å². The first kappa shape index (κ1) is 10.3. The first-order valence-corrected chi connectivity index (χ1v) is 5.73. The van der Waals surface area contributed by atoms with Crippen molar-refractivity contribution in [2.75, 3.05) is 0 Å². The van der Waals surface area contributed by atoms with E-state index in [1.807, 2.05) is 0 Å². The SMILES string of the molecule is NNCc1cc2ccccc2c2ccccc12. The molecule has 0 saturated carbocycles. The lowest BCUT2D eigenvalue weighted by Crippen LogP contribution is -2.20. The number of nitrogens with one attached hydrogen (secondary N) is 1. The Hall–Kier alpha value is -1.90. The molecular weight excluding hydrogens is 208 g/mol. The molecule has 0 fully saturated rings. The van der Waals surface area contributed by atoms with Gasteiger partial charge < -0.3 is 0 Å². The fraction of sp³-hybridized carbons (Fsp3) is 0.0667. The standard InChI is InChI=1S/C15H14N2/c16-17-10-12-9-11-5-1-2-6-13(11)15-8-4-3-7-14(12)15/h1-9,17H,10,16H2. The lowest BCUT2D eigenvalue weighted by Gasteiger charge is -2.09. The lowest BCUT2D eigenvalue weighted by molar-refractivity contribution is 0.746. The zero-order valence-electron chi connectivity index (χ0n) is 9.48. The van der Waals surface area contributed by atoms with Crippen LogP contribution < -0.4 is 11.3 Å². The van der Waals surface area contributed by atoms with Crippen molar-refractivity contribution < 1.29 is 0 Å². The molecule has 3 rings (SSSR count). The Morgan fingerprint density at radius 2 is 1.47 bits per heavy atom. The van der Waals surface area contributed by atoms with E-state index >= 15 is 0 Å². The predicted octanol–water partition coefficient (Wildman–Crippen LogP) is 2.96. The van der Waals surface area contributed by atoms with Gasteiger partial charge in [0, 0.05) is 6.54 Å². The molecule has 3 aromatic rings. The van der Waals surface area contributed by atoms with Crippen LogP contribution in [0, 0.1) is 0 Å². The molecule has 0 saturated heterocycles. The average molecular weight is 222 g/mol. The fourth-order valence-corrected chi connectivity index (χ4v) is 2.39. The Bertz CT molecular complexity index is 674. The van der Waals surface area contributed by atoms with E-state index in [4.69, 9.17) is 5.84 Å². The number of benzene rings is 3. The molecule has 84 valence electrons. The van der Waals surface area contributed by atoms with Crippen LogP contribution in [0.1, 0.15) is 5.56 Å². The van der Waals surface area contributed by atoms with Crippen LogP contribution in [0.5, 0.6) is 0 Å². The van der Waals surface area contributed by atoms with E-state index in [0.29, 0.717) is 6.54 Å². The van der Waals surface area contributed by atoms with E-state index in [-0.39, 0.29) is 0 Å². The van der Waals surface area contributed by atoms with Crippen LogP contribution in [0.25, 0.3) is 21.5 Å². The van der Waals surface area contributed by atoms with Crippen LogP contribution in [0.3, 0.4) is 0 Å². The molecule has 17 heavy (non-hydrogen) atoms. The Labute approximate surface area is 100 Å². The van der Waals surface area contributed by atoms with Gasteiger partial charge in [-0.15, -0.1) is 0 Å². The molecule has 0 amide bonds. The maximum Gasteiger partial charge on any atom is 0.0355 e. The van der Waals surface area contributed by atoms with Gasteiger partial charge in [0.1, 0.15) is 0 Å². The van der Waals surface area contributed by atoms with Crippen molar-refractivity contribution in [3.05, 3.63) is 60.2 Å². The highest BCUT2D eigenvalue weighted by atomic mass is 15.2. The summed E-state index contributed by atoms with van der Waals surface area (Å²) in [5.41, 5.74) is 3.98. The van der Waals surface area contributed by atoms with Gasteiger partial charge in [0.05, 0.1) is 0 Å². The van der Waals surface area contributed by atoms with Crippen LogP contribution >= 0.6 is 0 Å². The first-order valence-electron chi connectivity index (χ1n) is 5.73. The van der Waals surface area contributed by atoms with Gasteiger partial charge >= 0.3 is 0 Å². The van der Waals surface area contributed by atoms with Crippen LogP contribution in [-0.2, 0) is 6.54 Å². The predicted molar refractivity (Wildman–Crippen MR) is 72.5 cm³/mol. The Morgan fingerprint density at radius 3 is 2.24 bits per heavy atom. The molecular formula is C15H14N2. The molecule has 0 unspecified atom stereocenters. The van der Waals surface area contributed by atoms with Gasteiger partial charge in [-0.1, -0.05) is 48.5 Å². The summed E-state index contributed by atoms with van der Waals surface area (Å²) in [4.78, 5) is 0. The zero-order valence-corrected chi connectivity index (χ0v) is 9.48. The van der Waals surface area contributed by atoms with Gasteiger partial charge in [-0.3, -0.25) is 11.3 Å². The molecule has 0 bridgehead atoms.